The summed E-state index contributed by atoms with van der Waals surface area (Å²) >= 11 is 0. The average molecular weight is 403 g/mol. The van der Waals surface area contributed by atoms with Gasteiger partial charge in [-0.1, -0.05) is 12.1 Å². The summed E-state index contributed by atoms with van der Waals surface area (Å²) in [6.45, 7) is 2.84. The van der Waals surface area contributed by atoms with Crippen LogP contribution in [0.3, 0.4) is 0 Å². The van der Waals surface area contributed by atoms with Crippen LogP contribution in [0.1, 0.15) is 0 Å². The van der Waals surface area contributed by atoms with Crippen molar-refractivity contribution >= 4 is 39.4 Å². The van der Waals surface area contributed by atoms with Crippen molar-refractivity contribution in [3.05, 3.63) is 48.7 Å². The minimum absolute atomic E-state index is 0.481. The molecule has 1 fully saturated rings. The molecule has 1 amide bonds. The molecule has 0 atom stereocenters. The molecule has 0 unspecified atom stereocenters. The number of carboxylic acid groups (broad SMARTS) is 1. The van der Waals surface area contributed by atoms with E-state index in [9.17, 15) is 4.79 Å². The van der Waals surface area contributed by atoms with Crippen molar-refractivity contribution in [2.24, 2.45) is 7.05 Å². The van der Waals surface area contributed by atoms with E-state index in [0.717, 1.165) is 46.3 Å². The highest BCUT2D eigenvalue weighted by molar-refractivity contribution is 6.08. The van der Waals surface area contributed by atoms with Gasteiger partial charge in [0.25, 0.3) is 0 Å². The third kappa shape index (κ3) is 3.21. The Hall–Kier alpha value is -3.65. The minimum atomic E-state index is -1.11. The number of rotatable bonds is 3. The monoisotopic (exact) mass is 403 g/mol. The molecule has 0 saturated carbocycles. The van der Waals surface area contributed by atoms with E-state index in [-0.39, 0.29) is 0 Å². The number of nitrogens with zero attached hydrogens (tertiary/aromatic N) is 4. The summed E-state index contributed by atoms with van der Waals surface area (Å²) in [5.41, 5.74) is 3.22. The number of ether oxygens (including phenoxy) is 1. The van der Waals surface area contributed by atoms with Gasteiger partial charge < -0.3 is 19.3 Å². The Bertz CT molecular complexity index is 1260. The Morgan fingerprint density at radius 1 is 1.10 bits per heavy atom. The Morgan fingerprint density at radius 2 is 1.93 bits per heavy atom. The predicted octanol–water partition coefficient (Wildman–Crippen LogP) is 3.72. The Labute approximate surface area is 172 Å². The second kappa shape index (κ2) is 7.31. The first-order chi connectivity index (χ1) is 14.6. The van der Waals surface area contributed by atoms with Crippen molar-refractivity contribution < 1.29 is 14.6 Å². The number of carbonyl (C=O) groups is 1. The van der Waals surface area contributed by atoms with E-state index < -0.39 is 6.09 Å². The normalized spacial score (nSPS) is 14.4. The van der Waals surface area contributed by atoms with Crippen molar-refractivity contribution in [2.45, 2.75) is 0 Å². The van der Waals surface area contributed by atoms with Crippen LogP contribution in [0, 0.1) is 0 Å². The first-order valence-corrected chi connectivity index (χ1v) is 9.79. The number of amides is 1. The van der Waals surface area contributed by atoms with E-state index in [1.54, 1.807) is 18.2 Å². The number of hydrogen-bond donors (Lipinski definition) is 2. The van der Waals surface area contributed by atoms with Crippen LogP contribution >= 0.6 is 0 Å². The number of anilines is 2. The summed E-state index contributed by atoms with van der Waals surface area (Å²) < 4.78 is 7.59. The lowest BCUT2D eigenvalue weighted by atomic mass is 10.1. The predicted molar refractivity (Wildman–Crippen MR) is 116 cm³/mol. The standard InChI is InChI=1S/C22H21N5O3/c1-26-8-7-16-18(26)6-5-17-19(16)24-20(25-21(17)27-9-11-30-12-10-27)14-3-2-4-15(13-14)23-22(28)29/h2-8,13,23H,9-12H2,1H3,(H,28,29). The lowest BCUT2D eigenvalue weighted by Gasteiger charge is -2.29. The fourth-order valence-corrected chi connectivity index (χ4v) is 3.93. The molecule has 4 aromatic rings. The molecule has 0 radical (unpaired) electrons. The number of benzene rings is 2. The lowest BCUT2D eigenvalue weighted by Crippen LogP contribution is -2.37. The van der Waals surface area contributed by atoms with Crippen molar-refractivity contribution in [2.75, 3.05) is 36.5 Å². The largest absolute Gasteiger partial charge is 0.465 e. The van der Waals surface area contributed by atoms with E-state index in [2.05, 4.69) is 33.0 Å². The molecular formula is C22H21N5O3. The third-order valence-electron chi connectivity index (χ3n) is 5.39. The highest BCUT2D eigenvalue weighted by Gasteiger charge is 2.20. The van der Waals surface area contributed by atoms with Gasteiger partial charge in [0.2, 0.25) is 0 Å². The van der Waals surface area contributed by atoms with Crippen molar-refractivity contribution in [3.63, 3.8) is 0 Å². The fourth-order valence-electron chi connectivity index (χ4n) is 3.93. The number of morpholine rings is 1. The molecule has 2 N–H and O–H groups in total. The van der Waals surface area contributed by atoms with E-state index in [0.29, 0.717) is 24.7 Å². The molecule has 2 aromatic heterocycles. The molecule has 8 nitrogen and oxygen atoms in total. The summed E-state index contributed by atoms with van der Waals surface area (Å²) in [4.78, 5) is 23.1. The molecule has 0 spiro atoms. The van der Waals surface area contributed by atoms with E-state index in [4.69, 9.17) is 19.8 Å². The SMILES string of the molecule is Cn1ccc2c3nc(-c4cccc(NC(=O)O)c4)nc(N4CCOCC4)c3ccc21. The van der Waals surface area contributed by atoms with Gasteiger partial charge in [-0.25, -0.2) is 14.8 Å². The van der Waals surface area contributed by atoms with Gasteiger partial charge in [-0.15, -0.1) is 0 Å². The topological polar surface area (TPSA) is 92.5 Å². The van der Waals surface area contributed by atoms with E-state index in [1.165, 1.54) is 0 Å². The molecule has 0 aliphatic carbocycles. The van der Waals surface area contributed by atoms with Gasteiger partial charge in [0.15, 0.2) is 5.82 Å². The Kier molecular flexibility index (Phi) is 4.48. The van der Waals surface area contributed by atoms with Crippen LogP contribution in [0.4, 0.5) is 16.3 Å². The number of nitrogens with one attached hydrogen (secondary N) is 1. The van der Waals surface area contributed by atoms with Crippen LogP contribution in [-0.4, -0.2) is 52.0 Å². The van der Waals surface area contributed by atoms with Crippen molar-refractivity contribution in [3.8, 4) is 11.4 Å². The molecule has 30 heavy (non-hydrogen) atoms. The molecule has 3 heterocycles. The van der Waals surface area contributed by atoms with Gasteiger partial charge in [-0.05, 0) is 30.3 Å². The number of hydrogen-bond acceptors (Lipinski definition) is 5. The van der Waals surface area contributed by atoms with Gasteiger partial charge in [0.1, 0.15) is 5.82 Å². The molecule has 5 rings (SSSR count). The maximum atomic E-state index is 11.0. The van der Waals surface area contributed by atoms with Crippen LogP contribution in [0.15, 0.2) is 48.7 Å². The molecule has 0 bridgehead atoms. The zero-order chi connectivity index (χ0) is 20.7. The van der Waals surface area contributed by atoms with Gasteiger partial charge in [-0.2, -0.15) is 0 Å². The van der Waals surface area contributed by atoms with Crippen LogP contribution in [0.25, 0.3) is 33.2 Å². The quantitative estimate of drug-likeness (QED) is 0.542. The first-order valence-electron chi connectivity index (χ1n) is 9.79. The smallest absolute Gasteiger partial charge is 0.409 e. The van der Waals surface area contributed by atoms with E-state index >= 15 is 0 Å². The summed E-state index contributed by atoms with van der Waals surface area (Å²) in [6, 6.07) is 13.4. The first kappa shape index (κ1) is 18.4. The van der Waals surface area contributed by atoms with E-state index in [1.807, 2.05) is 19.3 Å². The van der Waals surface area contributed by atoms with Gasteiger partial charge >= 0.3 is 6.09 Å². The number of fused-ring (bicyclic) bond motifs is 3. The third-order valence-corrected chi connectivity index (χ3v) is 5.39. The lowest BCUT2D eigenvalue weighted by molar-refractivity contribution is 0.122. The van der Waals surface area contributed by atoms with Gasteiger partial charge in [0.05, 0.1) is 18.7 Å². The Balaban J connectivity index is 1.74. The van der Waals surface area contributed by atoms with Crippen LogP contribution in [0.2, 0.25) is 0 Å². The molecule has 1 aliphatic heterocycles. The van der Waals surface area contributed by atoms with Crippen LogP contribution in [-0.2, 0) is 11.8 Å². The molecule has 8 heteroatoms. The van der Waals surface area contributed by atoms with Gasteiger partial charge in [-0.3, -0.25) is 5.32 Å². The highest BCUT2D eigenvalue weighted by Crippen LogP contribution is 2.33. The maximum absolute atomic E-state index is 11.0. The van der Waals surface area contributed by atoms with Crippen molar-refractivity contribution in [1.82, 2.24) is 14.5 Å². The molecule has 1 aliphatic rings. The Morgan fingerprint density at radius 3 is 2.73 bits per heavy atom. The zero-order valence-corrected chi connectivity index (χ0v) is 16.5. The van der Waals surface area contributed by atoms with Crippen molar-refractivity contribution in [1.29, 1.82) is 0 Å². The zero-order valence-electron chi connectivity index (χ0n) is 16.5. The van der Waals surface area contributed by atoms with Crippen LogP contribution < -0.4 is 10.2 Å². The number of aryl methyl sites for hydroxylation is 1. The molecule has 152 valence electrons. The number of aromatic nitrogens is 3. The molecular weight excluding hydrogens is 382 g/mol. The average Bonchev–Trinajstić information content (AvgIpc) is 3.14. The second-order valence-electron chi connectivity index (χ2n) is 7.30. The summed E-state index contributed by atoms with van der Waals surface area (Å²) in [5, 5.41) is 13.5. The highest BCUT2D eigenvalue weighted by atomic mass is 16.5. The summed E-state index contributed by atoms with van der Waals surface area (Å²) in [6.07, 6.45) is 0.920. The maximum Gasteiger partial charge on any atom is 0.409 e. The van der Waals surface area contributed by atoms with Crippen LogP contribution in [0.5, 0.6) is 0 Å². The minimum Gasteiger partial charge on any atom is -0.465 e. The summed E-state index contributed by atoms with van der Waals surface area (Å²) in [7, 11) is 2.01. The summed E-state index contributed by atoms with van der Waals surface area (Å²) in [5.74, 6) is 1.44. The van der Waals surface area contributed by atoms with Gasteiger partial charge in [0, 0.05) is 53.9 Å². The molecule has 1 saturated heterocycles. The second-order valence-corrected chi connectivity index (χ2v) is 7.30. The molecule has 2 aromatic carbocycles. The fraction of sp³-hybridized carbons (Fsp3) is 0.227.